The van der Waals surface area contributed by atoms with Crippen LogP contribution < -0.4 is 5.23 Å². The van der Waals surface area contributed by atoms with Gasteiger partial charge in [0.15, 0.2) is 13.8 Å². The fourth-order valence-electron chi connectivity index (χ4n) is 1.25. The smallest absolute Gasteiger partial charge is 0.178 e. The molecule has 0 aliphatic carbocycles. The van der Waals surface area contributed by atoms with E-state index in [1.165, 1.54) is 0 Å². The fourth-order valence-corrected chi connectivity index (χ4v) is 1.25. The van der Waals surface area contributed by atoms with Crippen LogP contribution in [0, 0.1) is 0 Å². The highest BCUT2D eigenvalue weighted by atomic mass is 16.7. The van der Waals surface area contributed by atoms with Gasteiger partial charge in [0.1, 0.15) is 0 Å². The molecule has 0 spiro atoms. The van der Waals surface area contributed by atoms with Crippen LogP contribution in [0.1, 0.15) is 13.8 Å². The van der Waals surface area contributed by atoms with Gasteiger partial charge in [0, 0.05) is 0 Å². The van der Waals surface area contributed by atoms with Gasteiger partial charge in [-0.25, -0.2) is 0 Å². The summed E-state index contributed by atoms with van der Waals surface area (Å²) in [6.45, 7) is 5.16. The van der Waals surface area contributed by atoms with E-state index in [-0.39, 0.29) is 13.2 Å². The summed E-state index contributed by atoms with van der Waals surface area (Å²) in [5.41, 5.74) is -0.523. The van der Waals surface area contributed by atoms with Crippen LogP contribution >= 0.6 is 0 Å². The molecule has 1 rings (SSSR count). The number of rotatable bonds is 5. The number of ether oxygens (including phenoxy) is 3. The number of aliphatic hydroxyl groups is 1. The van der Waals surface area contributed by atoms with Crippen molar-refractivity contribution >= 4 is 7.98 Å². The lowest BCUT2D eigenvalue weighted by Crippen LogP contribution is -2.61. The number of hydrogen-bond donors (Lipinski definition) is 2. The van der Waals surface area contributed by atoms with Crippen LogP contribution in [0.2, 0.25) is 0 Å². The zero-order chi connectivity index (χ0) is 11.4. The van der Waals surface area contributed by atoms with E-state index in [0.717, 1.165) is 0 Å². The van der Waals surface area contributed by atoms with E-state index in [0.29, 0.717) is 19.8 Å². The Labute approximate surface area is 91.5 Å². The van der Waals surface area contributed by atoms with Gasteiger partial charge in [0.2, 0.25) is 0 Å². The molecule has 0 atom stereocenters. The zero-order valence-electron chi connectivity index (χ0n) is 9.28. The van der Waals surface area contributed by atoms with Crippen LogP contribution in [-0.2, 0) is 14.2 Å². The van der Waals surface area contributed by atoms with Gasteiger partial charge in [0.05, 0.1) is 38.6 Å². The normalized spacial score (nSPS) is 23.9. The average molecular weight is 215 g/mol. The summed E-state index contributed by atoms with van der Waals surface area (Å²) < 4.78 is 16.2. The van der Waals surface area contributed by atoms with Gasteiger partial charge < -0.3 is 24.5 Å². The lowest BCUT2D eigenvalue weighted by Gasteiger charge is -2.43. The predicted molar refractivity (Wildman–Crippen MR) is 55.5 cm³/mol. The van der Waals surface area contributed by atoms with E-state index in [4.69, 9.17) is 27.3 Å². The van der Waals surface area contributed by atoms with E-state index in [1.54, 1.807) is 0 Å². The summed E-state index contributed by atoms with van der Waals surface area (Å²) in [6.07, 6.45) is 0. The van der Waals surface area contributed by atoms with Crippen molar-refractivity contribution in [1.82, 2.24) is 5.23 Å². The Hall–Kier alpha value is -0.135. The Balaban J connectivity index is 2.41. The molecule has 0 aromatic rings. The molecule has 86 valence electrons. The summed E-state index contributed by atoms with van der Waals surface area (Å²) in [5.74, 6) is -0.572. The highest BCUT2D eigenvalue weighted by Gasteiger charge is 2.38. The molecule has 2 radical (unpaired) electrons. The highest BCUT2D eigenvalue weighted by molar-refractivity contribution is 6.05. The molecule has 5 nitrogen and oxygen atoms in total. The molecule has 1 heterocycles. The van der Waals surface area contributed by atoms with Crippen LogP contribution in [0.3, 0.4) is 0 Å². The molecule has 15 heavy (non-hydrogen) atoms. The molecular weight excluding hydrogens is 197 g/mol. The molecule has 1 aliphatic rings. The Morgan fingerprint density at radius 3 is 2.47 bits per heavy atom. The maximum atomic E-state index is 8.60. The third kappa shape index (κ3) is 3.73. The quantitative estimate of drug-likeness (QED) is 0.464. The van der Waals surface area contributed by atoms with Crippen molar-refractivity contribution in [2.75, 3.05) is 33.0 Å². The van der Waals surface area contributed by atoms with Crippen molar-refractivity contribution in [2.24, 2.45) is 0 Å². The molecule has 0 aromatic carbocycles. The highest BCUT2D eigenvalue weighted by Crippen LogP contribution is 2.23. The first-order chi connectivity index (χ1) is 7.04. The van der Waals surface area contributed by atoms with Gasteiger partial charge >= 0.3 is 0 Å². The third-order valence-corrected chi connectivity index (χ3v) is 2.31. The summed E-state index contributed by atoms with van der Waals surface area (Å²) in [5, 5.41) is 11.3. The second kappa shape index (κ2) is 5.27. The van der Waals surface area contributed by atoms with E-state index in [2.05, 4.69) is 5.23 Å². The van der Waals surface area contributed by atoms with Crippen molar-refractivity contribution in [2.45, 2.75) is 25.2 Å². The lowest BCUT2D eigenvalue weighted by molar-refractivity contribution is -0.274. The second-order valence-corrected chi connectivity index (χ2v) is 4.18. The Bertz CT molecular complexity index is 191. The van der Waals surface area contributed by atoms with E-state index < -0.39 is 11.3 Å². The molecule has 1 aliphatic heterocycles. The summed E-state index contributed by atoms with van der Waals surface area (Å²) >= 11 is 0. The first-order valence-electron chi connectivity index (χ1n) is 4.98. The van der Waals surface area contributed by atoms with Crippen LogP contribution in [0.5, 0.6) is 0 Å². The van der Waals surface area contributed by atoms with Gasteiger partial charge in [0.25, 0.3) is 0 Å². The first kappa shape index (κ1) is 12.9. The van der Waals surface area contributed by atoms with Crippen molar-refractivity contribution in [1.29, 1.82) is 0 Å². The summed E-state index contributed by atoms with van der Waals surface area (Å²) in [7, 11) is 5.46. The summed E-state index contributed by atoms with van der Waals surface area (Å²) in [4.78, 5) is 0. The molecule has 0 unspecified atom stereocenters. The number of hydrogen-bond acceptors (Lipinski definition) is 5. The largest absolute Gasteiger partial charge is 0.394 e. The number of aliphatic hydroxyl groups excluding tert-OH is 1. The topological polar surface area (TPSA) is 60.0 Å². The van der Waals surface area contributed by atoms with Gasteiger partial charge in [-0.2, -0.15) is 0 Å². The van der Waals surface area contributed by atoms with Crippen molar-refractivity contribution < 1.29 is 19.3 Å². The molecule has 2 N–H and O–H groups in total. The third-order valence-electron chi connectivity index (χ3n) is 2.31. The van der Waals surface area contributed by atoms with Gasteiger partial charge in [-0.05, 0) is 13.8 Å². The SMILES string of the molecule is [B]NC1(COCCO)COC(C)(C)OC1. The van der Waals surface area contributed by atoms with E-state index >= 15 is 0 Å². The molecule has 0 aromatic heterocycles. The lowest BCUT2D eigenvalue weighted by atomic mass is 9.99. The molecule has 0 saturated carbocycles. The Morgan fingerprint density at radius 1 is 1.40 bits per heavy atom. The average Bonchev–Trinajstić information content (AvgIpc) is 2.22. The van der Waals surface area contributed by atoms with Crippen LogP contribution in [0.15, 0.2) is 0 Å². The minimum atomic E-state index is -0.572. The molecule has 6 heteroatoms. The molecule has 0 bridgehead atoms. The Morgan fingerprint density at radius 2 is 2.00 bits per heavy atom. The maximum absolute atomic E-state index is 8.60. The molecule has 1 saturated heterocycles. The molecular formula is C9H18BNO4. The van der Waals surface area contributed by atoms with Crippen LogP contribution in [0.4, 0.5) is 0 Å². The minimum absolute atomic E-state index is 0.00609. The van der Waals surface area contributed by atoms with Gasteiger partial charge in [-0.1, -0.05) is 0 Å². The van der Waals surface area contributed by atoms with E-state index in [1.807, 2.05) is 13.8 Å². The molecule has 1 fully saturated rings. The van der Waals surface area contributed by atoms with Crippen molar-refractivity contribution in [3.63, 3.8) is 0 Å². The minimum Gasteiger partial charge on any atom is -0.394 e. The van der Waals surface area contributed by atoms with Gasteiger partial charge in [-0.15, -0.1) is 0 Å². The zero-order valence-corrected chi connectivity index (χ0v) is 9.28. The Kier molecular flexibility index (Phi) is 4.54. The molecule has 0 amide bonds. The monoisotopic (exact) mass is 215 g/mol. The predicted octanol–water partition coefficient (Wildman–Crippen LogP) is -0.810. The van der Waals surface area contributed by atoms with E-state index in [9.17, 15) is 0 Å². The maximum Gasteiger partial charge on any atom is 0.178 e. The second-order valence-electron chi connectivity index (χ2n) is 4.18. The number of nitrogens with one attached hydrogen (secondary N) is 1. The van der Waals surface area contributed by atoms with Crippen LogP contribution in [-0.4, -0.2) is 57.4 Å². The fraction of sp³-hybridized carbons (Fsp3) is 1.00. The first-order valence-corrected chi connectivity index (χ1v) is 4.98. The van der Waals surface area contributed by atoms with Gasteiger partial charge in [-0.3, -0.25) is 0 Å². The van der Waals surface area contributed by atoms with Crippen molar-refractivity contribution in [3.8, 4) is 0 Å². The van der Waals surface area contributed by atoms with Crippen LogP contribution in [0.25, 0.3) is 0 Å². The summed E-state index contributed by atoms with van der Waals surface area (Å²) in [6, 6.07) is 0. The van der Waals surface area contributed by atoms with Crippen molar-refractivity contribution in [3.05, 3.63) is 0 Å². The standard InChI is InChI=1S/C9H18BNO4/c1-8(2)14-6-9(11-10,7-15-8)5-13-4-3-12/h11-12H,3-7H2,1-2H3.